The number of likely N-dealkylation sites (tertiary alicyclic amines) is 1. The molecule has 2 rings (SSSR count). The number of rotatable bonds is 7. The van der Waals surface area contributed by atoms with E-state index in [0.29, 0.717) is 12.5 Å². The lowest BCUT2D eigenvalue weighted by atomic mass is 10.1. The van der Waals surface area contributed by atoms with E-state index in [4.69, 9.17) is 9.47 Å². The van der Waals surface area contributed by atoms with Crippen molar-refractivity contribution in [3.63, 3.8) is 0 Å². The van der Waals surface area contributed by atoms with Gasteiger partial charge < -0.3 is 19.7 Å². The van der Waals surface area contributed by atoms with Gasteiger partial charge in [0.1, 0.15) is 0 Å². The van der Waals surface area contributed by atoms with Crippen LogP contribution < -0.4 is 5.32 Å². The van der Waals surface area contributed by atoms with Crippen molar-refractivity contribution in [3.05, 3.63) is 35.4 Å². The van der Waals surface area contributed by atoms with Gasteiger partial charge in [0.25, 0.3) is 0 Å². The smallest absolute Gasteiger partial charge is 0.193 e. The number of benzene rings is 1. The first kappa shape index (κ1) is 17.8. The number of hydrogen-bond acceptors (Lipinski definition) is 3. The van der Waals surface area contributed by atoms with Gasteiger partial charge in [0.05, 0.1) is 13.2 Å². The minimum Gasteiger partial charge on any atom is -0.384 e. The highest BCUT2D eigenvalue weighted by Crippen LogP contribution is 2.17. The number of guanidine groups is 1. The first-order chi connectivity index (χ1) is 11.3. The Labute approximate surface area is 139 Å². The molecule has 1 unspecified atom stereocenters. The van der Waals surface area contributed by atoms with Crippen LogP contribution in [0.2, 0.25) is 0 Å². The maximum absolute atomic E-state index is 5.55. The van der Waals surface area contributed by atoms with E-state index in [1.165, 1.54) is 11.1 Å². The van der Waals surface area contributed by atoms with Gasteiger partial charge in [0.15, 0.2) is 5.96 Å². The maximum atomic E-state index is 5.55. The number of nitrogens with zero attached hydrogens (tertiary/aromatic N) is 2. The third-order valence-electron chi connectivity index (χ3n) is 4.22. The Hall–Kier alpha value is -1.59. The van der Waals surface area contributed by atoms with Crippen molar-refractivity contribution in [2.45, 2.75) is 26.5 Å². The van der Waals surface area contributed by atoms with E-state index < -0.39 is 0 Å². The molecule has 1 heterocycles. The zero-order valence-corrected chi connectivity index (χ0v) is 14.5. The molecule has 0 amide bonds. The predicted molar refractivity (Wildman–Crippen MR) is 93.5 cm³/mol. The molecule has 0 aliphatic carbocycles. The van der Waals surface area contributed by atoms with E-state index in [1.807, 2.05) is 14.0 Å². The molecule has 1 N–H and O–H groups in total. The van der Waals surface area contributed by atoms with Crippen molar-refractivity contribution < 1.29 is 9.47 Å². The highest BCUT2D eigenvalue weighted by molar-refractivity contribution is 5.80. The van der Waals surface area contributed by atoms with Gasteiger partial charge in [0.2, 0.25) is 0 Å². The van der Waals surface area contributed by atoms with Gasteiger partial charge in [-0.3, -0.25) is 4.99 Å². The van der Waals surface area contributed by atoms with E-state index in [9.17, 15) is 0 Å². The Morgan fingerprint density at radius 1 is 1.35 bits per heavy atom. The Balaban J connectivity index is 1.91. The van der Waals surface area contributed by atoms with Crippen LogP contribution in [0.4, 0.5) is 0 Å². The first-order valence-corrected chi connectivity index (χ1v) is 8.37. The molecule has 1 aromatic carbocycles. The molecule has 1 saturated heterocycles. The molecule has 0 bridgehead atoms. The molecule has 1 aliphatic rings. The zero-order valence-electron chi connectivity index (χ0n) is 14.5. The largest absolute Gasteiger partial charge is 0.384 e. The summed E-state index contributed by atoms with van der Waals surface area (Å²) >= 11 is 0. The van der Waals surface area contributed by atoms with Gasteiger partial charge in [-0.1, -0.05) is 24.3 Å². The fourth-order valence-electron chi connectivity index (χ4n) is 2.99. The van der Waals surface area contributed by atoms with Gasteiger partial charge in [-0.25, -0.2) is 0 Å². The third-order valence-corrected chi connectivity index (χ3v) is 4.22. The van der Waals surface area contributed by atoms with Crippen molar-refractivity contribution in [1.82, 2.24) is 10.2 Å². The lowest BCUT2D eigenvalue weighted by Gasteiger charge is -2.22. The monoisotopic (exact) mass is 319 g/mol. The lowest BCUT2D eigenvalue weighted by molar-refractivity contribution is 0.133. The molecule has 0 spiro atoms. The average Bonchev–Trinajstić information content (AvgIpc) is 3.03. The normalized spacial score (nSPS) is 18.5. The molecule has 1 fully saturated rings. The van der Waals surface area contributed by atoms with Crippen LogP contribution in [0.1, 0.15) is 24.5 Å². The minimum absolute atomic E-state index is 0.601. The van der Waals surface area contributed by atoms with Gasteiger partial charge >= 0.3 is 0 Å². The highest BCUT2D eigenvalue weighted by Gasteiger charge is 2.24. The molecule has 0 radical (unpaired) electrons. The summed E-state index contributed by atoms with van der Waals surface area (Å²) in [6, 6.07) is 8.40. The second kappa shape index (κ2) is 9.53. The summed E-state index contributed by atoms with van der Waals surface area (Å²) in [5, 5.41) is 3.49. The number of nitrogens with one attached hydrogen (secondary N) is 1. The summed E-state index contributed by atoms with van der Waals surface area (Å²) < 4.78 is 10.8. The SMILES string of the molecule is CCOCc1ccccc1CNC(=NC)N1CCC(COC)C1. The van der Waals surface area contributed by atoms with E-state index in [2.05, 4.69) is 39.5 Å². The molecule has 1 aliphatic heterocycles. The van der Waals surface area contributed by atoms with Gasteiger partial charge in [0, 0.05) is 46.3 Å². The molecule has 23 heavy (non-hydrogen) atoms. The number of aliphatic imine (C=N–C) groups is 1. The van der Waals surface area contributed by atoms with Crippen LogP contribution in [0.15, 0.2) is 29.3 Å². The summed E-state index contributed by atoms with van der Waals surface area (Å²) in [7, 11) is 3.61. The van der Waals surface area contributed by atoms with E-state index in [1.54, 1.807) is 7.11 Å². The molecule has 0 aromatic heterocycles. The Bertz CT molecular complexity index is 505. The topological polar surface area (TPSA) is 46.1 Å². The zero-order chi connectivity index (χ0) is 16.5. The fourth-order valence-corrected chi connectivity index (χ4v) is 2.99. The molecule has 5 nitrogen and oxygen atoms in total. The fraction of sp³-hybridized carbons (Fsp3) is 0.611. The summed E-state index contributed by atoms with van der Waals surface area (Å²) in [5.74, 6) is 1.57. The highest BCUT2D eigenvalue weighted by atomic mass is 16.5. The van der Waals surface area contributed by atoms with Crippen molar-refractivity contribution in [2.24, 2.45) is 10.9 Å². The molecule has 5 heteroatoms. The molecule has 128 valence electrons. The second-order valence-electron chi connectivity index (χ2n) is 5.86. The number of hydrogen-bond donors (Lipinski definition) is 1. The van der Waals surface area contributed by atoms with E-state index in [0.717, 1.165) is 45.2 Å². The van der Waals surface area contributed by atoms with Crippen molar-refractivity contribution in [2.75, 3.05) is 40.5 Å². The summed E-state index contributed by atoms with van der Waals surface area (Å²) in [6.07, 6.45) is 1.16. The number of ether oxygens (including phenoxy) is 2. The van der Waals surface area contributed by atoms with Crippen LogP contribution in [-0.4, -0.2) is 51.3 Å². The number of methoxy groups -OCH3 is 1. The van der Waals surface area contributed by atoms with Crippen LogP contribution in [0.3, 0.4) is 0 Å². The lowest BCUT2D eigenvalue weighted by Crippen LogP contribution is -2.40. The van der Waals surface area contributed by atoms with Crippen LogP contribution in [0, 0.1) is 5.92 Å². The molecular formula is C18H29N3O2. The summed E-state index contributed by atoms with van der Waals surface area (Å²) in [5.41, 5.74) is 2.49. The quantitative estimate of drug-likeness (QED) is 0.618. The molecule has 0 saturated carbocycles. The average molecular weight is 319 g/mol. The summed E-state index contributed by atoms with van der Waals surface area (Å²) in [4.78, 5) is 6.75. The second-order valence-corrected chi connectivity index (χ2v) is 5.86. The van der Waals surface area contributed by atoms with E-state index in [-0.39, 0.29) is 0 Å². The third kappa shape index (κ3) is 5.22. The van der Waals surface area contributed by atoms with E-state index >= 15 is 0 Å². The van der Waals surface area contributed by atoms with Crippen LogP contribution >= 0.6 is 0 Å². The van der Waals surface area contributed by atoms with Crippen LogP contribution in [-0.2, 0) is 22.6 Å². The summed E-state index contributed by atoms with van der Waals surface area (Å²) in [6.45, 7) is 7.05. The van der Waals surface area contributed by atoms with Gasteiger partial charge in [-0.2, -0.15) is 0 Å². The van der Waals surface area contributed by atoms with Gasteiger partial charge in [-0.05, 0) is 24.5 Å². The van der Waals surface area contributed by atoms with Crippen molar-refractivity contribution >= 4 is 5.96 Å². The predicted octanol–water partition coefficient (Wildman–Crippen LogP) is 2.27. The maximum Gasteiger partial charge on any atom is 0.193 e. The Morgan fingerprint density at radius 2 is 2.13 bits per heavy atom. The van der Waals surface area contributed by atoms with Crippen molar-refractivity contribution in [1.29, 1.82) is 0 Å². The van der Waals surface area contributed by atoms with Crippen LogP contribution in [0.5, 0.6) is 0 Å². The molecular weight excluding hydrogens is 290 g/mol. The standard InChI is InChI=1S/C18H29N3O2/c1-4-23-14-17-8-6-5-7-16(17)11-20-18(19-2)21-10-9-15(12-21)13-22-3/h5-8,15H,4,9-14H2,1-3H3,(H,19,20). The van der Waals surface area contributed by atoms with Crippen LogP contribution in [0.25, 0.3) is 0 Å². The Kier molecular flexibility index (Phi) is 7.36. The minimum atomic E-state index is 0.601. The molecule has 1 aromatic rings. The molecule has 1 atom stereocenters. The first-order valence-electron chi connectivity index (χ1n) is 8.37. The van der Waals surface area contributed by atoms with Crippen molar-refractivity contribution in [3.8, 4) is 0 Å². The van der Waals surface area contributed by atoms with Gasteiger partial charge in [-0.15, -0.1) is 0 Å². The Morgan fingerprint density at radius 3 is 2.83 bits per heavy atom.